The number of halogens is 1. The zero-order valence-corrected chi connectivity index (χ0v) is 21.2. The molecule has 1 N–H and O–H groups in total. The van der Waals surface area contributed by atoms with E-state index in [2.05, 4.69) is 35.6 Å². The van der Waals surface area contributed by atoms with Gasteiger partial charge in [-0.3, -0.25) is 5.32 Å². The van der Waals surface area contributed by atoms with E-state index >= 15 is 0 Å². The average molecular weight is 510 g/mol. The molecular weight excluding hydrogens is 486 g/mol. The Balaban J connectivity index is 1.37. The van der Waals surface area contributed by atoms with Gasteiger partial charge in [-0.1, -0.05) is 48.0 Å². The Morgan fingerprint density at radius 3 is 2.53 bits per heavy atom. The van der Waals surface area contributed by atoms with Crippen molar-refractivity contribution in [1.29, 1.82) is 0 Å². The Hall–Kier alpha value is -2.80. The molecule has 0 saturated heterocycles. The van der Waals surface area contributed by atoms with Gasteiger partial charge in [-0.05, 0) is 71.3 Å². The van der Waals surface area contributed by atoms with Gasteiger partial charge >= 0.3 is 6.09 Å². The molecule has 4 nitrogen and oxygen atoms in total. The molecule has 2 aromatic carbocycles. The molecule has 7 heteroatoms. The molecule has 5 rings (SSSR count). The highest BCUT2D eigenvalue weighted by Gasteiger charge is 2.23. The second-order valence-electron chi connectivity index (χ2n) is 8.33. The van der Waals surface area contributed by atoms with Gasteiger partial charge in [-0.15, -0.1) is 11.3 Å². The maximum Gasteiger partial charge on any atom is 0.412 e. The minimum atomic E-state index is -0.520. The summed E-state index contributed by atoms with van der Waals surface area (Å²) in [6.07, 6.45) is 1.72. The molecule has 0 spiro atoms. The summed E-state index contributed by atoms with van der Waals surface area (Å²) in [5.41, 5.74) is 6.03. The SMILES string of the molecule is COc1cc(-c2sc(Cl)cc2NC(=O)O[C@H](C)c2ccsc2)ccc1-c1ccc(C2CC2)cc1. The molecule has 1 aliphatic carbocycles. The van der Waals surface area contributed by atoms with E-state index in [1.54, 1.807) is 24.5 Å². The minimum Gasteiger partial charge on any atom is -0.496 e. The van der Waals surface area contributed by atoms with E-state index in [1.807, 2.05) is 35.9 Å². The van der Waals surface area contributed by atoms with E-state index in [0.717, 1.165) is 38.8 Å². The highest BCUT2D eigenvalue weighted by Crippen LogP contribution is 2.44. The van der Waals surface area contributed by atoms with Crippen molar-refractivity contribution in [3.05, 3.63) is 80.8 Å². The van der Waals surface area contributed by atoms with E-state index < -0.39 is 6.09 Å². The molecule has 1 fully saturated rings. The zero-order chi connectivity index (χ0) is 23.7. The van der Waals surface area contributed by atoms with E-state index in [4.69, 9.17) is 21.1 Å². The number of hydrogen-bond acceptors (Lipinski definition) is 5. The smallest absolute Gasteiger partial charge is 0.412 e. The van der Waals surface area contributed by atoms with Crippen LogP contribution < -0.4 is 10.1 Å². The lowest BCUT2D eigenvalue weighted by atomic mass is 9.99. The number of methoxy groups -OCH3 is 1. The first kappa shape index (κ1) is 23.0. The molecule has 0 bridgehead atoms. The van der Waals surface area contributed by atoms with Crippen LogP contribution in [0.5, 0.6) is 5.75 Å². The lowest BCUT2D eigenvalue weighted by molar-refractivity contribution is 0.121. The van der Waals surface area contributed by atoms with Crippen molar-refractivity contribution in [1.82, 2.24) is 0 Å². The van der Waals surface area contributed by atoms with Gasteiger partial charge < -0.3 is 9.47 Å². The number of ether oxygens (including phenoxy) is 2. The molecule has 0 aliphatic heterocycles. The Bertz CT molecular complexity index is 1290. The van der Waals surface area contributed by atoms with Crippen LogP contribution in [0, 0.1) is 0 Å². The van der Waals surface area contributed by atoms with Gasteiger partial charge in [0, 0.05) is 11.1 Å². The van der Waals surface area contributed by atoms with Gasteiger partial charge in [-0.2, -0.15) is 11.3 Å². The fourth-order valence-corrected chi connectivity index (χ4v) is 5.88. The standard InChI is InChI=1S/C27H24ClNO3S2/c1-16(21-11-12-33-15-21)32-27(30)29-23-14-25(28)34-26(23)20-9-10-22(24(13-20)31-2)19-7-5-18(6-8-19)17-3-4-17/h5-17H,3-4H2,1-2H3,(H,29,30)/t16-/m1/s1. The van der Waals surface area contributed by atoms with Crippen LogP contribution in [0.1, 0.15) is 42.9 Å². The van der Waals surface area contributed by atoms with Gasteiger partial charge in [0.25, 0.3) is 0 Å². The second kappa shape index (κ2) is 9.82. The van der Waals surface area contributed by atoms with Crippen LogP contribution in [0.2, 0.25) is 4.34 Å². The molecule has 174 valence electrons. The number of benzene rings is 2. The number of amides is 1. The van der Waals surface area contributed by atoms with E-state index in [1.165, 1.54) is 29.7 Å². The molecule has 1 amide bonds. The van der Waals surface area contributed by atoms with Crippen LogP contribution in [-0.4, -0.2) is 13.2 Å². The first-order valence-corrected chi connectivity index (χ1v) is 13.2. The van der Waals surface area contributed by atoms with Crippen LogP contribution in [-0.2, 0) is 4.74 Å². The number of carbonyl (C=O) groups is 1. The number of carbonyl (C=O) groups excluding carboxylic acids is 1. The maximum absolute atomic E-state index is 12.6. The van der Waals surface area contributed by atoms with Gasteiger partial charge in [0.15, 0.2) is 0 Å². The largest absolute Gasteiger partial charge is 0.496 e. The molecule has 1 aliphatic rings. The molecule has 4 aromatic rings. The lowest BCUT2D eigenvalue weighted by Crippen LogP contribution is -2.15. The van der Waals surface area contributed by atoms with Crippen molar-refractivity contribution in [3.8, 4) is 27.3 Å². The minimum absolute atomic E-state index is 0.338. The van der Waals surface area contributed by atoms with Crippen LogP contribution in [0.3, 0.4) is 0 Å². The highest BCUT2D eigenvalue weighted by atomic mass is 35.5. The van der Waals surface area contributed by atoms with Crippen molar-refractivity contribution in [2.45, 2.75) is 31.8 Å². The Morgan fingerprint density at radius 1 is 1.09 bits per heavy atom. The van der Waals surface area contributed by atoms with Gasteiger partial charge in [-0.25, -0.2) is 4.79 Å². The molecule has 34 heavy (non-hydrogen) atoms. The van der Waals surface area contributed by atoms with Crippen LogP contribution >= 0.6 is 34.3 Å². The lowest BCUT2D eigenvalue weighted by Gasteiger charge is -2.14. The predicted molar refractivity (Wildman–Crippen MR) is 142 cm³/mol. The zero-order valence-electron chi connectivity index (χ0n) is 18.8. The van der Waals surface area contributed by atoms with Crippen LogP contribution in [0.4, 0.5) is 10.5 Å². The third-order valence-corrected chi connectivity index (χ3v) is 7.98. The number of hydrogen-bond donors (Lipinski definition) is 1. The van der Waals surface area contributed by atoms with E-state index in [9.17, 15) is 4.79 Å². The quantitative estimate of drug-likeness (QED) is 0.270. The molecule has 0 unspecified atom stereocenters. The summed E-state index contributed by atoms with van der Waals surface area (Å²) in [7, 11) is 1.67. The number of nitrogens with one attached hydrogen (secondary N) is 1. The normalized spacial score (nSPS) is 14.0. The van der Waals surface area contributed by atoms with Gasteiger partial charge in [0.2, 0.25) is 0 Å². The Kier molecular flexibility index (Phi) is 6.63. The first-order chi connectivity index (χ1) is 16.5. The molecular formula is C27H24ClNO3S2. The van der Waals surface area contributed by atoms with Crippen molar-refractivity contribution in [2.24, 2.45) is 0 Å². The third-order valence-electron chi connectivity index (χ3n) is 5.97. The predicted octanol–water partition coefficient (Wildman–Crippen LogP) is 8.99. The fraction of sp³-hybridized carbons (Fsp3) is 0.222. The second-order valence-corrected chi connectivity index (χ2v) is 10.8. The number of thiophene rings is 2. The highest BCUT2D eigenvalue weighted by molar-refractivity contribution is 7.20. The monoisotopic (exact) mass is 509 g/mol. The van der Waals surface area contributed by atoms with Crippen molar-refractivity contribution in [3.63, 3.8) is 0 Å². The summed E-state index contributed by atoms with van der Waals surface area (Å²) in [4.78, 5) is 13.4. The van der Waals surface area contributed by atoms with Crippen LogP contribution in [0.25, 0.3) is 21.6 Å². The fourth-order valence-electron chi connectivity index (χ4n) is 3.97. The summed E-state index contributed by atoms with van der Waals surface area (Å²) >= 11 is 9.30. The molecule has 2 heterocycles. The summed E-state index contributed by atoms with van der Waals surface area (Å²) in [5.74, 6) is 1.49. The molecule has 0 radical (unpaired) electrons. The molecule has 2 aromatic heterocycles. The Morgan fingerprint density at radius 2 is 1.85 bits per heavy atom. The van der Waals surface area contributed by atoms with Crippen molar-refractivity contribution >= 4 is 46.1 Å². The van der Waals surface area contributed by atoms with Gasteiger partial charge in [0.1, 0.15) is 11.9 Å². The third kappa shape index (κ3) is 4.99. The molecule has 1 saturated carbocycles. The number of rotatable bonds is 7. The van der Waals surface area contributed by atoms with Crippen LogP contribution in [0.15, 0.2) is 65.4 Å². The average Bonchev–Trinajstić information content (AvgIpc) is 3.41. The Labute approximate surface area is 212 Å². The summed E-state index contributed by atoms with van der Waals surface area (Å²) in [6, 6.07) is 18.5. The summed E-state index contributed by atoms with van der Waals surface area (Å²) in [5, 5.41) is 6.79. The van der Waals surface area contributed by atoms with Crippen molar-refractivity contribution in [2.75, 3.05) is 12.4 Å². The maximum atomic E-state index is 12.6. The number of anilines is 1. The van der Waals surface area contributed by atoms with Gasteiger partial charge in [0.05, 0.1) is 22.0 Å². The topological polar surface area (TPSA) is 47.6 Å². The van der Waals surface area contributed by atoms with Crippen molar-refractivity contribution < 1.29 is 14.3 Å². The van der Waals surface area contributed by atoms with E-state index in [0.29, 0.717) is 10.0 Å². The summed E-state index contributed by atoms with van der Waals surface area (Å²) in [6.45, 7) is 1.85. The molecule has 1 atom stereocenters. The first-order valence-electron chi connectivity index (χ1n) is 11.1. The summed E-state index contributed by atoms with van der Waals surface area (Å²) < 4.78 is 11.9. The van der Waals surface area contributed by atoms with E-state index in [-0.39, 0.29) is 6.10 Å².